The fourth-order valence-electron chi connectivity index (χ4n) is 1.76. The number of carboxylic acid groups (broad SMARTS) is 1. The molecule has 1 amide bonds. The average molecular weight is 329 g/mol. The fraction of sp³-hybridized carbons (Fsp3) is 0.688. The van der Waals surface area contributed by atoms with Crippen LogP contribution >= 0.6 is 0 Å². The number of esters is 1. The molecule has 0 aliphatic carbocycles. The quantitative estimate of drug-likeness (QED) is 0.343. The van der Waals surface area contributed by atoms with Gasteiger partial charge in [0, 0.05) is 12.0 Å². The monoisotopic (exact) mass is 329 g/mol. The number of rotatable bonds is 11. The molecule has 0 spiro atoms. The second-order valence-electron chi connectivity index (χ2n) is 5.95. The summed E-state index contributed by atoms with van der Waals surface area (Å²) in [4.78, 5) is 33.2. The maximum absolute atomic E-state index is 11.6. The van der Waals surface area contributed by atoms with Gasteiger partial charge in [-0.15, -0.1) is 0 Å². The predicted molar refractivity (Wildman–Crippen MR) is 85.1 cm³/mol. The first-order chi connectivity index (χ1) is 10.6. The molecule has 0 bridgehead atoms. The van der Waals surface area contributed by atoms with Gasteiger partial charge in [-0.2, -0.15) is 0 Å². The van der Waals surface area contributed by atoms with Crippen LogP contribution in [0.5, 0.6) is 0 Å². The zero-order valence-corrected chi connectivity index (χ0v) is 14.1. The largest absolute Gasteiger partial charge is 0.481 e. The van der Waals surface area contributed by atoms with Crippen LogP contribution in [0, 0.1) is 0 Å². The third kappa shape index (κ3) is 12.2. The molecule has 0 saturated heterocycles. The highest BCUT2D eigenvalue weighted by atomic mass is 16.6. The van der Waals surface area contributed by atoms with Crippen molar-refractivity contribution in [2.45, 2.75) is 58.5 Å². The molecule has 7 nitrogen and oxygen atoms in total. The first-order valence-electron chi connectivity index (χ1n) is 7.65. The van der Waals surface area contributed by atoms with E-state index in [0.29, 0.717) is 18.4 Å². The lowest BCUT2D eigenvalue weighted by Gasteiger charge is -2.25. The van der Waals surface area contributed by atoms with Gasteiger partial charge in [-0.1, -0.05) is 13.0 Å². The van der Waals surface area contributed by atoms with Crippen LogP contribution in [-0.2, 0) is 19.1 Å². The van der Waals surface area contributed by atoms with Gasteiger partial charge in [-0.25, -0.2) is 9.59 Å². The first kappa shape index (κ1) is 20.9. The lowest BCUT2D eigenvalue weighted by Crippen LogP contribution is -2.36. The van der Waals surface area contributed by atoms with Gasteiger partial charge >= 0.3 is 18.0 Å². The third-order valence-electron chi connectivity index (χ3n) is 2.99. The summed E-state index contributed by atoms with van der Waals surface area (Å²) in [6.07, 6.45) is 2.40. The molecule has 0 aliphatic rings. The summed E-state index contributed by atoms with van der Waals surface area (Å²) < 4.78 is 10.1. The Morgan fingerprint density at radius 1 is 1.17 bits per heavy atom. The summed E-state index contributed by atoms with van der Waals surface area (Å²) in [5.41, 5.74) is -0.335. The van der Waals surface area contributed by atoms with E-state index in [0.717, 1.165) is 12.8 Å². The van der Waals surface area contributed by atoms with E-state index in [9.17, 15) is 14.4 Å². The van der Waals surface area contributed by atoms with Gasteiger partial charge in [0.15, 0.2) is 0 Å². The zero-order valence-electron chi connectivity index (χ0n) is 14.1. The Morgan fingerprint density at radius 3 is 2.39 bits per heavy atom. The lowest BCUT2D eigenvalue weighted by molar-refractivity contribution is -0.139. The molecule has 0 saturated carbocycles. The van der Waals surface area contributed by atoms with E-state index in [4.69, 9.17) is 14.6 Å². The number of alkyl carbamates (subject to hydrolysis) is 1. The number of carboxylic acids is 1. The van der Waals surface area contributed by atoms with E-state index in [1.54, 1.807) is 20.8 Å². The minimum atomic E-state index is -0.799. The van der Waals surface area contributed by atoms with Crippen molar-refractivity contribution in [2.24, 2.45) is 0 Å². The average Bonchev–Trinajstić information content (AvgIpc) is 2.41. The number of amides is 1. The lowest BCUT2D eigenvalue weighted by atomic mass is 10.00. The number of hydrogen-bond acceptors (Lipinski definition) is 5. The number of carbonyl (C=O) groups is 3. The van der Waals surface area contributed by atoms with E-state index >= 15 is 0 Å². The Kier molecular flexibility index (Phi) is 9.69. The number of ether oxygens (including phenoxy) is 2. The summed E-state index contributed by atoms with van der Waals surface area (Å²) in [6, 6.07) is 0. The van der Waals surface area contributed by atoms with Gasteiger partial charge in [0.1, 0.15) is 12.2 Å². The highest BCUT2D eigenvalue weighted by Gasteiger charge is 2.22. The van der Waals surface area contributed by atoms with Crippen molar-refractivity contribution in [2.75, 3.05) is 13.2 Å². The maximum atomic E-state index is 11.6. The third-order valence-corrected chi connectivity index (χ3v) is 2.99. The number of nitrogens with one attached hydrogen (secondary N) is 1. The van der Waals surface area contributed by atoms with Crippen LogP contribution in [0.1, 0.15) is 52.9 Å². The standard InChI is InChI=1S/C16H27NO6/c1-12(2)14(20)22-11-10-17-15(21)23-16(3,4)9-7-5-6-8-13(18)19/h1,5-11H2,2-4H3,(H,17,21)(H,18,19). The molecule has 0 aromatic rings. The van der Waals surface area contributed by atoms with Crippen LogP contribution in [0.4, 0.5) is 4.79 Å². The Balaban J connectivity index is 3.83. The summed E-state index contributed by atoms with van der Waals surface area (Å²) >= 11 is 0. The molecular formula is C16H27NO6. The van der Waals surface area contributed by atoms with Gasteiger partial charge in [0.25, 0.3) is 0 Å². The Hall–Kier alpha value is -2.05. The number of unbranched alkanes of at least 4 members (excludes halogenated alkanes) is 2. The van der Waals surface area contributed by atoms with Crippen LogP contribution < -0.4 is 5.32 Å². The molecule has 0 heterocycles. The van der Waals surface area contributed by atoms with E-state index in [1.165, 1.54) is 0 Å². The second kappa shape index (κ2) is 10.6. The molecule has 2 N–H and O–H groups in total. The molecular weight excluding hydrogens is 302 g/mol. The van der Waals surface area contributed by atoms with Gasteiger partial charge in [0.05, 0.1) is 6.54 Å². The van der Waals surface area contributed by atoms with Gasteiger partial charge in [-0.3, -0.25) is 4.79 Å². The van der Waals surface area contributed by atoms with E-state index < -0.39 is 23.6 Å². The fourth-order valence-corrected chi connectivity index (χ4v) is 1.76. The molecule has 0 aromatic heterocycles. The molecule has 0 aliphatic heterocycles. The van der Waals surface area contributed by atoms with E-state index in [-0.39, 0.29) is 19.6 Å². The highest BCUT2D eigenvalue weighted by molar-refractivity contribution is 5.86. The van der Waals surface area contributed by atoms with Crippen LogP contribution in [0.15, 0.2) is 12.2 Å². The normalized spacial score (nSPS) is 10.7. The molecule has 23 heavy (non-hydrogen) atoms. The van der Waals surface area contributed by atoms with Crippen molar-refractivity contribution >= 4 is 18.0 Å². The SMILES string of the molecule is C=C(C)C(=O)OCCNC(=O)OC(C)(C)CCCCCC(=O)O. The van der Waals surface area contributed by atoms with Gasteiger partial charge in [-0.05, 0) is 40.0 Å². The maximum Gasteiger partial charge on any atom is 0.407 e. The predicted octanol–water partition coefficient (Wildman–Crippen LogP) is 2.65. The molecule has 0 radical (unpaired) electrons. The highest BCUT2D eigenvalue weighted by Crippen LogP contribution is 2.19. The van der Waals surface area contributed by atoms with Crippen molar-refractivity contribution in [3.05, 3.63) is 12.2 Å². The molecule has 0 aromatic carbocycles. The van der Waals surface area contributed by atoms with Crippen molar-refractivity contribution < 1.29 is 29.0 Å². The molecule has 0 atom stereocenters. The second-order valence-corrected chi connectivity index (χ2v) is 5.95. The minimum absolute atomic E-state index is 0.0520. The molecule has 0 fully saturated rings. The topological polar surface area (TPSA) is 102 Å². The van der Waals surface area contributed by atoms with Crippen molar-refractivity contribution in [3.63, 3.8) is 0 Å². The summed E-state index contributed by atoms with van der Waals surface area (Å²) in [5, 5.41) is 11.0. The Morgan fingerprint density at radius 2 is 1.83 bits per heavy atom. The van der Waals surface area contributed by atoms with Crippen LogP contribution in [0.3, 0.4) is 0 Å². The Bertz CT molecular complexity index is 430. The molecule has 0 rings (SSSR count). The number of hydrogen-bond donors (Lipinski definition) is 2. The zero-order chi connectivity index (χ0) is 17.9. The molecule has 7 heteroatoms. The van der Waals surface area contributed by atoms with Crippen molar-refractivity contribution in [3.8, 4) is 0 Å². The summed E-state index contributed by atoms with van der Waals surface area (Å²) in [6.45, 7) is 8.80. The van der Waals surface area contributed by atoms with Gasteiger partial charge in [0.2, 0.25) is 0 Å². The first-order valence-corrected chi connectivity index (χ1v) is 7.65. The Labute approximate surface area is 137 Å². The summed E-state index contributed by atoms with van der Waals surface area (Å²) in [5.74, 6) is -1.30. The molecule has 0 unspecified atom stereocenters. The molecule has 132 valence electrons. The number of aliphatic carboxylic acids is 1. The minimum Gasteiger partial charge on any atom is -0.481 e. The van der Waals surface area contributed by atoms with E-state index in [2.05, 4.69) is 11.9 Å². The van der Waals surface area contributed by atoms with E-state index in [1.807, 2.05) is 0 Å². The van der Waals surface area contributed by atoms with Gasteiger partial charge < -0.3 is 19.9 Å². The van der Waals surface area contributed by atoms with Crippen LogP contribution in [0.25, 0.3) is 0 Å². The van der Waals surface area contributed by atoms with Crippen molar-refractivity contribution in [1.29, 1.82) is 0 Å². The van der Waals surface area contributed by atoms with Crippen LogP contribution in [-0.4, -0.2) is 41.9 Å². The number of carbonyl (C=O) groups excluding carboxylic acids is 2. The smallest absolute Gasteiger partial charge is 0.407 e. The van der Waals surface area contributed by atoms with Crippen LogP contribution in [0.2, 0.25) is 0 Å². The summed E-state index contributed by atoms with van der Waals surface area (Å²) in [7, 11) is 0. The van der Waals surface area contributed by atoms with Crippen molar-refractivity contribution in [1.82, 2.24) is 5.32 Å².